The summed E-state index contributed by atoms with van der Waals surface area (Å²) >= 11 is 6.12. The predicted molar refractivity (Wildman–Crippen MR) is 82.0 cm³/mol. The molecule has 1 aromatic carbocycles. The van der Waals surface area contributed by atoms with Crippen LogP contribution in [0.4, 0.5) is 0 Å². The summed E-state index contributed by atoms with van der Waals surface area (Å²) in [5, 5.41) is 4.00. The number of methoxy groups -OCH3 is 2. The van der Waals surface area contributed by atoms with E-state index in [2.05, 4.69) is 5.32 Å². The molecule has 0 radical (unpaired) electrons. The van der Waals surface area contributed by atoms with E-state index in [1.807, 2.05) is 19.9 Å². The van der Waals surface area contributed by atoms with E-state index in [-0.39, 0.29) is 6.10 Å². The van der Waals surface area contributed by atoms with Gasteiger partial charge in [0.2, 0.25) is 0 Å². The van der Waals surface area contributed by atoms with Crippen molar-refractivity contribution in [1.29, 1.82) is 0 Å². The van der Waals surface area contributed by atoms with Gasteiger partial charge >= 0.3 is 0 Å². The minimum absolute atomic E-state index is 0.0808. The van der Waals surface area contributed by atoms with E-state index in [1.165, 1.54) is 0 Å². The van der Waals surface area contributed by atoms with Crippen molar-refractivity contribution >= 4 is 11.6 Å². The molecule has 0 heterocycles. The highest BCUT2D eigenvalue weighted by atomic mass is 35.5. The summed E-state index contributed by atoms with van der Waals surface area (Å²) < 4.78 is 16.2. The van der Waals surface area contributed by atoms with Crippen LogP contribution in [0.2, 0.25) is 5.02 Å². The van der Waals surface area contributed by atoms with E-state index in [4.69, 9.17) is 25.8 Å². The number of ether oxygens (including phenoxy) is 3. The zero-order chi connectivity index (χ0) is 15.0. The van der Waals surface area contributed by atoms with Gasteiger partial charge in [-0.3, -0.25) is 0 Å². The van der Waals surface area contributed by atoms with Crippen molar-refractivity contribution in [3.63, 3.8) is 0 Å². The molecule has 4 nitrogen and oxygen atoms in total. The second kappa shape index (κ2) is 9.06. The molecule has 5 heteroatoms. The SMILES string of the molecule is COCCCNCc1cc(Cl)cc(OC)c1OC(C)C. The third-order valence-electron chi connectivity index (χ3n) is 2.69. The van der Waals surface area contributed by atoms with Crippen molar-refractivity contribution in [2.45, 2.75) is 32.9 Å². The van der Waals surface area contributed by atoms with Crippen molar-refractivity contribution in [2.75, 3.05) is 27.4 Å². The van der Waals surface area contributed by atoms with Crippen LogP contribution in [0.15, 0.2) is 12.1 Å². The minimum atomic E-state index is 0.0808. The number of hydrogen-bond donors (Lipinski definition) is 1. The molecule has 0 aliphatic heterocycles. The molecule has 1 rings (SSSR count). The number of benzene rings is 1. The molecule has 0 spiro atoms. The highest BCUT2D eigenvalue weighted by Gasteiger charge is 2.14. The fraction of sp³-hybridized carbons (Fsp3) is 0.600. The molecule has 0 saturated heterocycles. The van der Waals surface area contributed by atoms with E-state index in [0.717, 1.165) is 30.9 Å². The van der Waals surface area contributed by atoms with Crippen LogP contribution in [0.5, 0.6) is 11.5 Å². The highest BCUT2D eigenvalue weighted by Crippen LogP contribution is 2.35. The van der Waals surface area contributed by atoms with Gasteiger partial charge in [0.1, 0.15) is 0 Å². The lowest BCUT2D eigenvalue weighted by Crippen LogP contribution is -2.18. The van der Waals surface area contributed by atoms with Gasteiger partial charge in [0.15, 0.2) is 11.5 Å². The van der Waals surface area contributed by atoms with Gasteiger partial charge in [-0.25, -0.2) is 0 Å². The van der Waals surface area contributed by atoms with Crippen LogP contribution in [0.1, 0.15) is 25.8 Å². The normalized spacial score (nSPS) is 10.9. The summed E-state index contributed by atoms with van der Waals surface area (Å²) in [6.45, 7) is 6.29. The van der Waals surface area contributed by atoms with Crippen molar-refractivity contribution in [3.8, 4) is 11.5 Å². The molecule has 20 heavy (non-hydrogen) atoms. The Hall–Kier alpha value is -0.970. The Morgan fingerprint density at radius 2 is 2.00 bits per heavy atom. The fourth-order valence-electron chi connectivity index (χ4n) is 1.84. The van der Waals surface area contributed by atoms with E-state index < -0.39 is 0 Å². The lowest BCUT2D eigenvalue weighted by atomic mass is 10.1. The Morgan fingerprint density at radius 1 is 1.25 bits per heavy atom. The standard InChI is InChI=1S/C15H24ClNO3/c1-11(2)20-15-12(10-17-6-5-7-18-3)8-13(16)9-14(15)19-4/h8-9,11,17H,5-7,10H2,1-4H3. The number of halogens is 1. The first-order valence-corrected chi connectivity index (χ1v) is 7.19. The fourth-order valence-corrected chi connectivity index (χ4v) is 2.07. The third-order valence-corrected chi connectivity index (χ3v) is 2.91. The van der Waals surface area contributed by atoms with Crippen LogP contribution in [-0.4, -0.2) is 33.5 Å². The summed E-state index contributed by atoms with van der Waals surface area (Å²) in [5.74, 6) is 1.42. The van der Waals surface area contributed by atoms with Gasteiger partial charge in [0.05, 0.1) is 13.2 Å². The topological polar surface area (TPSA) is 39.7 Å². The number of nitrogens with one attached hydrogen (secondary N) is 1. The van der Waals surface area contributed by atoms with Gasteiger partial charge in [-0.2, -0.15) is 0 Å². The Kier molecular flexibility index (Phi) is 7.73. The summed E-state index contributed by atoms with van der Waals surface area (Å²) in [6, 6.07) is 3.68. The number of rotatable bonds is 9. The average Bonchev–Trinajstić information content (AvgIpc) is 2.40. The average molecular weight is 302 g/mol. The molecule has 0 aromatic heterocycles. The third kappa shape index (κ3) is 5.57. The largest absolute Gasteiger partial charge is 0.493 e. The van der Waals surface area contributed by atoms with Crippen LogP contribution in [-0.2, 0) is 11.3 Å². The smallest absolute Gasteiger partial charge is 0.166 e. The number of hydrogen-bond acceptors (Lipinski definition) is 4. The molecule has 1 N–H and O–H groups in total. The second-order valence-corrected chi connectivity index (χ2v) is 5.22. The Balaban J connectivity index is 2.78. The summed E-state index contributed by atoms with van der Waals surface area (Å²) in [5.41, 5.74) is 1.00. The first-order valence-electron chi connectivity index (χ1n) is 6.81. The van der Waals surface area contributed by atoms with Crippen molar-refractivity contribution in [3.05, 3.63) is 22.7 Å². The van der Waals surface area contributed by atoms with E-state index in [9.17, 15) is 0 Å². The van der Waals surface area contributed by atoms with Gasteiger partial charge in [0, 0.05) is 36.9 Å². The maximum absolute atomic E-state index is 6.12. The molecule has 114 valence electrons. The molecule has 0 unspecified atom stereocenters. The lowest BCUT2D eigenvalue weighted by Gasteiger charge is -2.18. The molecule has 0 amide bonds. The van der Waals surface area contributed by atoms with Crippen LogP contribution in [0.3, 0.4) is 0 Å². The van der Waals surface area contributed by atoms with Crippen LogP contribution in [0.25, 0.3) is 0 Å². The maximum Gasteiger partial charge on any atom is 0.166 e. The van der Waals surface area contributed by atoms with Gasteiger partial charge in [-0.05, 0) is 32.9 Å². The van der Waals surface area contributed by atoms with Gasteiger partial charge in [-0.15, -0.1) is 0 Å². The summed E-state index contributed by atoms with van der Waals surface area (Å²) in [4.78, 5) is 0. The molecule has 0 fully saturated rings. The van der Waals surface area contributed by atoms with Crippen molar-refractivity contribution in [2.24, 2.45) is 0 Å². The molecule has 0 bridgehead atoms. The van der Waals surface area contributed by atoms with Crippen molar-refractivity contribution < 1.29 is 14.2 Å². The van der Waals surface area contributed by atoms with Gasteiger partial charge in [0.25, 0.3) is 0 Å². The first-order chi connectivity index (χ1) is 9.58. The van der Waals surface area contributed by atoms with Crippen LogP contribution >= 0.6 is 11.6 Å². The molecule has 0 aliphatic carbocycles. The van der Waals surface area contributed by atoms with Crippen molar-refractivity contribution in [1.82, 2.24) is 5.32 Å². The Morgan fingerprint density at radius 3 is 2.60 bits per heavy atom. The minimum Gasteiger partial charge on any atom is -0.493 e. The van der Waals surface area contributed by atoms with Crippen LogP contribution in [0, 0.1) is 0 Å². The van der Waals surface area contributed by atoms with Gasteiger partial charge in [-0.1, -0.05) is 11.6 Å². The zero-order valence-corrected chi connectivity index (χ0v) is 13.4. The molecular weight excluding hydrogens is 278 g/mol. The van der Waals surface area contributed by atoms with E-state index >= 15 is 0 Å². The second-order valence-electron chi connectivity index (χ2n) is 4.79. The summed E-state index contributed by atoms with van der Waals surface area (Å²) in [7, 11) is 3.32. The Bertz CT molecular complexity index is 410. The monoisotopic (exact) mass is 301 g/mol. The predicted octanol–water partition coefficient (Wildman–Crippen LogP) is 3.26. The molecule has 1 aromatic rings. The molecular formula is C15H24ClNO3. The highest BCUT2D eigenvalue weighted by molar-refractivity contribution is 6.30. The molecule has 0 saturated carbocycles. The van der Waals surface area contributed by atoms with E-state index in [1.54, 1.807) is 20.3 Å². The van der Waals surface area contributed by atoms with E-state index in [0.29, 0.717) is 17.3 Å². The lowest BCUT2D eigenvalue weighted by molar-refractivity contribution is 0.194. The van der Waals surface area contributed by atoms with Crippen LogP contribution < -0.4 is 14.8 Å². The summed E-state index contributed by atoms with van der Waals surface area (Å²) in [6.07, 6.45) is 1.05. The Labute approximate surface area is 126 Å². The maximum atomic E-state index is 6.12. The van der Waals surface area contributed by atoms with Gasteiger partial charge < -0.3 is 19.5 Å². The quantitative estimate of drug-likeness (QED) is 0.711. The molecule has 0 atom stereocenters. The molecule has 0 aliphatic rings. The zero-order valence-electron chi connectivity index (χ0n) is 12.7. The first kappa shape index (κ1) is 17.1.